The molecule has 0 radical (unpaired) electrons. The highest BCUT2D eigenvalue weighted by atomic mass is 35.5. The molecule has 0 aromatic heterocycles. The minimum atomic E-state index is -0.299. The Morgan fingerprint density at radius 2 is 2.05 bits per heavy atom. The van der Waals surface area contributed by atoms with Gasteiger partial charge >= 0.3 is 0 Å². The molecular formula is C16H16ClFN2O2. The number of rotatable bonds is 6. The Labute approximate surface area is 133 Å². The van der Waals surface area contributed by atoms with Crippen LogP contribution >= 0.6 is 11.6 Å². The molecule has 0 heterocycles. The third kappa shape index (κ3) is 4.44. The number of ether oxygens (including phenoxy) is 1. The van der Waals surface area contributed by atoms with Crippen LogP contribution in [0.5, 0.6) is 5.75 Å². The van der Waals surface area contributed by atoms with Gasteiger partial charge in [-0.1, -0.05) is 29.8 Å². The molecule has 0 atom stereocenters. The van der Waals surface area contributed by atoms with Crippen LogP contribution in [0.15, 0.2) is 42.5 Å². The van der Waals surface area contributed by atoms with Crippen LogP contribution in [0.3, 0.4) is 0 Å². The number of nitrogens with one attached hydrogen (secondary N) is 2. The quantitative estimate of drug-likeness (QED) is 0.858. The molecule has 116 valence electrons. The predicted octanol–water partition coefficient (Wildman–Crippen LogP) is 3.22. The maximum atomic E-state index is 13.4. The molecule has 0 spiro atoms. The number of anilines is 1. The maximum Gasteiger partial charge on any atom is 0.238 e. The Bertz CT molecular complexity index is 664. The molecule has 4 nitrogen and oxygen atoms in total. The molecule has 0 saturated heterocycles. The Morgan fingerprint density at radius 3 is 2.77 bits per heavy atom. The van der Waals surface area contributed by atoms with Crippen LogP contribution in [0.25, 0.3) is 0 Å². The summed E-state index contributed by atoms with van der Waals surface area (Å²) >= 11 is 5.89. The molecule has 2 aromatic carbocycles. The third-order valence-corrected chi connectivity index (χ3v) is 3.23. The lowest BCUT2D eigenvalue weighted by molar-refractivity contribution is -0.115. The van der Waals surface area contributed by atoms with Gasteiger partial charge in [-0.15, -0.1) is 0 Å². The van der Waals surface area contributed by atoms with Crippen molar-refractivity contribution in [3.63, 3.8) is 0 Å². The highest BCUT2D eigenvalue weighted by Crippen LogP contribution is 2.27. The van der Waals surface area contributed by atoms with Crippen molar-refractivity contribution >= 4 is 23.2 Å². The van der Waals surface area contributed by atoms with Gasteiger partial charge in [-0.05, 0) is 24.3 Å². The number of benzene rings is 2. The zero-order valence-electron chi connectivity index (χ0n) is 12.0. The van der Waals surface area contributed by atoms with E-state index < -0.39 is 0 Å². The lowest BCUT2D eigenvalue weighted by Crippen LogP contribution is -2.28. The number of carbonyl (C=O) groups is 1. The first kappa shape index (κ1) is 16.3. The van der Waals surface area contributed by atoms with Gasteiger partial charge in [-0.25, -0.2) is 4.39 Å². The van der Waals surface area contributed by atoms with Crippen molar-refractivity contribution in [1.29, 1.82) is 0 Å². The van der Waals surface area contributed by atoms with Crippen molar-refractivity contribution in [3.8, 4) is 5.75 Å². The van der Waals surface area contributed by atoms with Crippen molar-refractivity contribution in [2.45, 2.75) is 6.54 Å². The molecular weight excluding hydrogens is 307 g/mol. The summed E-state index contributed by atoms with van der Waals surface area (Å²) in [6.45, 7) is 0.316. The topological polar surface area (TPSA) is 50.4 Å². The highest BCUT2D eigenvalue weighted by molar-refractivity contribution is 6.31. The van der Waals surface area contributed by atoms with E-state index in [1.165, 1.54) is 13.2 Å². The number of amides is 1. The number of halogens is 2. The molecule has 2 N–H and O–H groups in total. The number of hydrogen-bond acceptors (Lipinski definition) is 3. The van der Waals surface area contributed by atoms with Gasteiger partial charge in [-0.2, -0.15) is 0 Å². The Balaban J connectivity index is 1.88. The van der Waals surface area contributed by atoms with Crippen LogP contribution in [0.1, 0.15) is 5.56 Å². The fraction of sp³-hybridized carbons (Fsp3) is 0.188. The zero-order chi connectivity index (χ0) is 15.9. The molecule has 22 heavy (non-hydrogen) atoms. The summed E-state index contributed by atoms with van der Waals surface area (Å²) in [5.41, 5.74) is 1.00. The van der Waals surface area contributed by atoms with E-state index in [9.17, 15) is 9.18 Å². The molecule has 0 aliphatic carbocycles. The van der Waals surface area contributed by atoms with E-state index in [4.69, 9.17) is 16.3 Å². The van der Waals surface area contributed by atoms with Gasteiger partial charge in [0.2, 0.25) is 5.91 Å². The van der Waals surface area contributed by atoms with Gasteiger partial charge in [0.1, 0.15) is 11.6 Å². The second-order valence-corrected chi connectivity index (χ2v) is 5.02. The summed E-state index contributed by atoms with van der Waals surface area (Å²) in [6.07, 6.45) is 0. The van der Waals surface area contributed by atoms with E-state index in [0.717, 1.165) is 0 Å². The van der Waals surface area contributed by atoms with E-state index in [1.807, 2.05) is 0 Å². The van der Waals surface area contributed by atoms with Crippen molar-refractivity contribution in [1.82, 2.24) is 5.32 Å². The molecule has 0 fully saturated rings. The first-order chi connectivity index (χ1) is 10.6. The van der Waals surface area contributed by atoms with Crippen molar-refractivity contribution < 1.29 is 13.9 Å². The molecule has 2 aromatic rings. The summed E-state index contributed by atoms with van der Waals surface area (Å²) in [6, 6.07) is 11.4. The number of carbonyl (C=O) groups excluding carboxylic acids is 1. The van der Waals surface area contributed by atoms with E-state index in [1.54, 1.807) is 36.4 Å². The van der Waals surface area contributed by atoms with Gasteiger partial charge < -0.3 is 15.4 Å². The minimum Gasteiger partial charge on any atom is -0.495 e. The van der Waals surface area contributed by atoms with Gasteiger partial charge in [0.25, 0.3) is 0 Å². The second kappa shape index (κ2) is 7.77. The fourth-order valence-corrected chi connectivity index (χ4v) is 2.10. The zero-order valence-corrected chi connectivity index (χ0v) is 12.8. The number of hydrogen-bond donors (Lipinski definition) is 2. The molecule has 0 aliphatic heterocycles. The van der Waals surface area contributed by atoms with Crippen LogP contribution < -0.4 is 15.4 Å². The third-order valence-electron chi connectivity index (χ3n) is 2.99. The first-order valence-corrected chi connectivity index (χ1v) is 7.05. The van der Waals surface area contributed by atoms with Crippen molar-refractivity contribution in [2.24, 2.45) is 0 Å². The minimum absolute atomic E-state index is 0.0456. The molecule has 2 rings (SSSR count). The van der Waals surface area contributed by atoms with Crippen LogP contribution in [-0.4, -0.2) is 19.6 Å². The Hall–Kier alpha value is -2.11. The molecule has 0 bridgehead atoms. The largest absolute Gasteiger partial charge is 0.495 e. The normalized spacial score (nSPS) is 10.3. The first-order valence-electron chi connectivity index (χ1n) is 6.67. The van der Waals surface area contributed by atoms with Crippen molar-refractivity contribution in [3.05, 3.63) is 58.9 Å². The fourth-order valence-electron chi connectivity index (χ4n) is 1.92. The van der Waals surface area contributed by atoms with Gasteiger partial charge in [0, 0.05) is 17.1 Å². The summed E-state index contributed by atoms with van der Waals surface area (Å²) in [5, 5.41) is 6.08. The maximum absolute atomic E-state index is 13.4. The van der Waals surface area contributed by atoms with E-state index in [-0.39, 0.29) is 24.8 Å². The van der Waals surface area contributed by atoms with Gasteiger partial charge in [-0.3, -0.25) is 4.79 Å². The number of methoxy groups -OCH3 is 1. The standard InChI is InChI=1S/C16H16ClFN2O2/c1-22-15-7-6-12(17)8-14(15)20-16(21)10-19-9-11-4-2-3-5-13(11)18/h2-8,19H,9-10H2,1H3,(H,20,21). The molecule has 0 saturated carbocycles. The van der Waals surface area contributed by atoms with Crippen LogP contribution in [0.4, 0.5) is 10.1 Å². The lowest BCUT2D eigenvalue weighted by Gasteiger charge is -2.11. The van der Waals surface area contributed by atoms with Gasteiger partial charge in [0.15, 0.2) is 0 Å². The van der Waals surface area contributed by atoms with E-state index in [0.29, 0.717) is 22.0 Å². The Kier molecular flexibility index (Phi) is 5.75. The smallest absolute Gasteiger partial charge is 0.238 e. The second-order valence-electron chi connectivity index (χ2n) is 4.59. The van der Waals surface area contributed by atoms with Gasteiger partial charge in [0.05, 0.1) is 19.3 Å². The summed E-state index contributed by atoms with van der Waals surface area (Å²) in [5.74, 6) is -0.0457. The highest BCUT2D eigenvalue weighted by Gasteiger charge is 2.08. The van der Waals surface area contributed by atoms with Crippen LogP contribution in [0, 0.1) is 5.82 Å². The average Bonchev–Trinajstić information content (AvgIpc) is 2.49. The average molecular weight is 323 g/mol. The molecule has 0 aliphatic rings. The lowest BCUT2D eigenvalue weighted by atomic mass is 10.2. The predicted molar refractivity (Wildman–Crippen MR) is 84.7 cm³/mol. The molecule has 6 heteroatoms. The summed E-state index contributed by atoms with van der Waals surface area (Å²) in [7, 11) is 1.51. The van der Waals surface area contributed by atoms with Crippen molar-refractivity contribution in [2.75, 3.05) is 19.0 Å². The van der Waals surface area contributed by atoms with E-state index >= 15 is 0 Å². The van der Waals surface area contributed by atoms with Crippen LogP contribution in [0.2, 0.25) is 5.02 Å². The summed E-state index contributed by atoms with van der Waals surface area (Å²) in [4.78, 5) is 11.9. The summed E-state index contributed by atoms with van der Waals surface area (Å²) < 4.78 is 18.6. The molecule has 1 amide bonds. The van der Waals surface area contributed by atoms with Crippen LogP contribution in [-0.2, 0) is 11.3 Å². The SMILES string of the molecule is COc1ccc(Cl)cc1NC(=O)CNCc1ccccc1F. The monoisotopic (exact) mass is 322 g/mol. The Morgan fingerprint density at radius 1 is 1.27 bits per heavy atom. The van der Waals surface area contributed by atoms with E-state index in [2.05, 4.69) is 10.6 Å². The molecule has 0 unspecified atom stereocenters.